The van der Waals surface area contributed by atoms with Crippen molar-refractivity contribution < 1.29 is 9.47 Å². The van der Waals surface area contributed by atoms with Crippen LogP contribution >= 0.6 is 0 Å². The number of ether oxygens (including phenoxy) is 2. The first-order valence-electron chi connectivity index (χ1n) is 7.84. The molecule has 0 saturated carbocycles. The molecule has 2 aromatic rings. The quantitative estimate of drug-likeness (QED) is 0.847. The number of methoxy groups -OCH3 is 1. The monoisotopic (exact) mass is 295 g/mol. The van der Waals surface area contributed by atoms with Gasteiger partial charge in [0.05, 0.1) is 7.11 Å². The first-order valence-corrected chi connectivity index (χ1v) is 7.84. The molecule has 22 heavy (non-hydrogen) atoms. The van der Waals surface area contributed by atoms with Gasteiger partial charge in [0.15, 0.2) is 0 Å². The molecule has 1 saturated heterocycles. The fourth-order valence-electron chi connectivity index (χ4n) is 3.90. The van der Waals surface area contributed by atoms with Crippen LogP contribution in [0.2, 0.25) is 0 Å². The standard InChI is InChI=1S/C19H21NO2/c1-20-11-10-19(14-6-5-7-15(12-14)21-2)17(13-20)16-8-3-4-9-18(16)22-19/h3-9,12,17H,10-11,13H2,1-2H3/t17-,19+/m0/s1. The SMILES string of the molecule is COc1cccc([C@]23CCN(C)C[C@H]2c2ccccc2O3)c1. The smallest absolute Gasteiger partial charge is 0.143 e. The van der Waals surface area contributed by atoms with Crippen molar-refractivity contribution in [3.8, 4) is 11.5 Å². The summed E-state index contributed by atoms with van der Waals surface area (Å²) in [5.74, 6) is 2.30. The molecule has 1 fully saturated rings. The summed E-state index contributed by atoms with van der Waals surface area (Å²) < 4.78 is 12.0. The number of para-hydroxylation sites is 1. The van der Waals surface area contributed by atoms with E-state index in [-0.39, 0.29) is 5.60 Å². The summed E-state index contributed by atoms with van der Waals surface area (Å²) in [6.07, 6.45) is 0.996. The van der Waals surface area contributed by atoms with E-state index in [1.807, 2.05) is 6.07 Å². The van der Waals surface area contributed by atoms with Crippen molar-refractivity contribution >= 4 is 0 Å². The molecule has 0 radical (unpaired) electrons. The molecule has 0 aliphatic carbocycles. The third-order valence-corrected chi connectivity index (χ3v) is 5.07. The fraction of sp³-hybridized carbons (Fsp3) is 0.368. The van der Waals surface area contributed by atoms with Crippen LogP contribution < -0.4 is 9.47 Å². The minimum absolute atomic E-state index is 0.259. The molecule has 3 nitrogen and oxygen atoms in total. The highest BCUT2D eigenvalue weighted by atomic mass is 16.5. The van der Waals surface area contributed by atoms with Crippen LogP contribution in [0.15, 0.2) is 48.5 Å². The molecule has 0 spiro atoms. The molecule has 2 aliphatic heterocycles. The van der Waals surface area contributed by atoms with Crippen molar-refractivity contribution in [3.05, 3.63) is 59.7 Å². The van der Waals surface area contributed by atoms with E-state index in [1.165, 1.54) is 11.1 Å². The van der Waals surface area contributed by atoms with Crippen molar-refractivity contribution in [1.82, 2.24) is 4.90 Å². The third-order valence-electron chi connectivity index (χ3n) is 5.07. The normalized spacial score (nSPS) is 26.9. The Labute approximate surface area is 131 Å². The topological polar surface area (TPSA) is 21.7 Å². The Morgan fingerprint density at radius 2 is 2.05 bits per heavy atom. The fourth-order valence-corrected chi connectivity index (χ4v) is 3.90. The van der Waals surface area contributed by atoms with Gasteiger partial charge in [0.25, 0.3) is 0 Å². The van der Waals surface area contributed by atoms with Gasteiger partial charge in [0, 0.05) is 31.0 Å². The number of likely N-dealkylation sites (N-methyl/N-ethyl adjacent to an activating group) is 1. The van der Waals surface area contributed by atoms with Gasteiger partial charge in [-0.25, -0.2) is 0 Å². The number of piperidine rings is 1. The molecule has 0 N–H and O–H groups in total. The maximum Gasteiger partial charge on any atom is 0.143 e. The van der Waals surface area contributed by atoms with Crippen molar-refractivity contribution in [2.24, 2.45) is 0 Å². The number of nitrogens with zero attached hydrogens (tertiary/aromatic N) is 1. The second kappa shape index (κ2) is 5.03. The van der Waals surface area contributed by atoms with E-state index in [0.29, 0.717) is 5.92 Å². The lowest BCUT2D eigenvalue weighted by molar-refractivity contribution is 0.00688. The van der Waals surface area contributed by atoms with Crippen LogP contribution in [-0.2, 0) is 5.60 Å². The zero-order chi connectivity index (χ0) is 15.2. The Hall–Kier alpha value is -2.00. The number of rotatable bonds is 2. The van der Waals surface area contributed by atoms with E-state index >= 15 is 0 Å². The predicted molar refractivity (Wildman–Crippen MR) is 86.6 cm³/mol. The largest absolute Gasteiger partial charge is 0.497 e. The molecular formula is C19H21NO2. The number of likely N-dealkylation sites (tertiary alicyclic amines) is 1. The molecule has 0 amide bonds. The summed E-state index contributed by atoms with van der Waals surface area (Å²) in [6.45, 7) is 2.07. The highest BCUT2D eigenvalue weighted by Crippen LogP contribution is 2.54. The van der Waals surface area contributed by atoms with Crippen LogP contribution in [0.4, 0.5) is 0 Å². The first-order chi connectivity index (χ1) is 10.7. The van der Waals surface area contributed by atoms with Gasteiger partial charge >= 0.3 is 0 Å². The van der Waals surface area contributed by atoms with Crippen LogP contribution in [0, 0.1) is 0 Å². The summed E-state index contributed by atoms with van der Waals surface area (Å²) in [4.78, 5) is 2.40. The van der Waals surface area contributed by atoms with Gasteiger partial charge in [-0.1, -0.05) is 30.3 Å². The predicted octanol–water partition coefficient (Wildman–Crippen LogP) is 3.40. The zero-order valence-corrected chi connectivity index (χ0v) is 13.1. The Morgan fingerprint density at radius 3 is 2.91 bits per heavy atom. The van der Waals surface area contributed by atoms with E-state index in [4.69, 9.17) is 9.47 Å². The summed E-state index contributed by atoms with van der Waals surface area (Å²) in [6, 6.07) is 16.8. The molecule has 2 heterocycles. The molecule has 0 bridgehead atoms. The first kappa shape index (κ1) is 13.6. The Morgan fingerprint density at radius 1 is 1.18 bits per heavy atom. The van der Waals surface area contributed by atoms with Crippen LogP contribution in [0.5, 0.6) is 11.5 Å². The van der Waals surface area contributed by atoms with E-state index in [9.17, 15) is 0 Å². The molecule has 4 rings (SSSR count). The average Bonchev–Trinajstić information content (AvgIpc) is 2.90. The lowest BCUT2D eigenvalue weighted by Gasteiger charge is -2.42. The molecule has 2 aliphatic rings. The van der Waals surface area contributed by atoms with Crippen molar-refractivity contribution in [2.75, 3.05) is 27.2 Å². The summed E-state index contributed by atoms with van der Waals surface area (Å²) in [7, 11) is 3.91. The van der Waals surface area contributed by atoms with Gasteiger partial charge < -0.3 is 14.4 Å². The van der Waals surface area contributed by atoms with E-state index in [2.05, 4.69) is 54.4 Å². The van der Waals surface area contributed by atoms with E-state index in [1.54, 1.807) is 7.11 Å². The van der Waals surface area contributed by atoms with Gasteiger partial charge in [-0.3, -0.25) is 0 Å². The molecule has 2 atom stereocenters. The molecule has 114 valence electrons. The number of hydrogen-bond donors (Lipinski definition) is 0. The van der Waals surface area contributed by atoms with Crippen molar-refractivity contribution in [1.29, 1.82) is 0 Å². The maximum atomic E-state index is 6.55. The van der Waals surface area contributed by atoms with Gasteiger partial charge in [0.1, 0.15) is 17.1 Å². The van der Waals surface area contributed by atoms with Crippen LogP contribution in [-0.4, -0.2) is 32.1 Å². The minimum Gasteiger partial charge on any atom is -0.497 e. The highest BCUT2D eigenvalue weighted by molar-refractivity contribution is 5.48. The Balaban J connectivity index is 1.84. The molecule has 2 aromatic carbocycles. The summed E-state index contributed by atoms with van der Waals surface area (Å²) >= 11 is 0. The Bertz CT molecular complexity index is 699. The molecular weight excluding hydrogens is 274 g/mol. The van der Waals surface area contributed by atoms with Gasteiger partial charge in [0.2, 0.25) is 0 Å². The average molecular weight is 295 g/mol. The van der Waals surface area contributed by atoms with Crippen LogP contribution in [0.1, 0.15) is 23.5 Å². The number of benzene rings is 2. The number of fused-ring (bicyclic) bond motifs is 3. The second-order valence-electron chi connectivity index (χ2n) is 6.33. The van der Waals surface area contributed by atoms with Gasteiger partial charge in [-0.05, 0) is 30.8 Å². The second-order valence-corrected chi connectivity index (χ2v) is 6.33. The lowest BCUT2D eigenvalue weighted by Crippen LogP contribution is -2.47. The molecule has 0 aromatic heterocycles. The zero-order valence-electron chi connectivity index (χ0n) is 13.1. The molecule has 3 heteroatoms. The van der Waals surface area contributed by atoms with Gasteiger partial charge in [-0.15, -0.1) is 0 Å². The van der Waals surface area contributed by atoms with Crippen LogP contribution in [0.25, 0.3) is 0 Å². The third kappa shape index (κ3) is 1.92. The highest BCUT2D eigenvalue weighted by Gasteiger charge is 2.52. The van der Waals surface area contributed by atoms with Crippen molar-refractivity contribution in [3.63, 3.8) is 0 Å². The summed E-state index contributed by atoms with van der Waals surface area (Å²) in [5.41, 5.74) is 2.29. The van der Waals surface area contributed by atoms with E-state index in [0.717, 1.165) is 31.0 Å². The van der Waals surface area contributed by atoms with Crippen molar-refractivity contribution in [2.45, 2.75) is 17.9 Å². The Kier molecular flexibility index (Phi) is 3.12. The minimum atomic E-state index is -0.259. The van der Waals surface area contributed by atoms with E-state index < -0.39 is 0 Å². The molecule has 0 unspecified atom stereocenters. The number of hydrogen-bond acceptors (Lipinski definition) is 3. The van der Waals surface area contributed by atoms with Crippen LogP contribution in [0.3, 0.4) is 0 Å². The maximum absolute atomic E-state index is 6.55. The summed E-state index contributed by atoms with van der Waals surface area (Å²) in [5, 5.41) is 0. The lowest BCUT2D eigenvalue weighted by atomic mass is 9.74. The van der Waals surface area contributed by atoms with Gasteiger partial charge in [-0.2, -0.15) is 0 Å².